The minimum Gasteiger partial charge on any atom is -0.361 e. The Morgan fingerprint density at radius 3 is 2.95 bits per heavy atom. The standard InChI is InChI=1S/C15H19ClN2O/c16-9-4-3-7-15(19)17-10-8-12-11-18-14-6-2-1-5-13(12)14/h1-2,5-6,11,18H,3-4,7-10H2,(H,17,19). The third-order valence-corrected chi connectivity index (χ3v) is 3.45. The molecule has 0 bridgehead atoms. The van der Waals surface area contributed by atoms with Crippen molar-refractivity contribution in [1.29, 1.82) is 0 Å². The topological polar surface area (TPSA) is 44.9 Å². The Morgan fingerprint density at radius 1 is 1.26 bits per heavy atom. The predicted molar refractivity (Wildman–Crippen MR) is 79.6 cm³/mol. The van der Waals surface area contributed by atoms with Gasteiger partial charge in [-0.25, -0.2) is 0 Å². The van der Waals surface area contributed by atoms with Gasteiger partial charge >= 0.3 is 0 Å². The number of unbranched alkanes of at least 4 members (excludes halogenated alkanes) is 1. The van der Waals surface area contributed by atoms with Crippen LogP contribution in [0, 0.1) is 0 Å². The number of fused-ring (bicyclic) bond motifs is 1. The van der Waals surface area contributed by atoms with Gasteiger partial charge in [-0.05, 0) is 30.9 Å². The zero-order chi connectivity index (χ0) is 13.5. The fraction of sp³-hybridized carbons (Fsp3) is 0.400. The number of alkyl halides is 1. The molecule has 1 aromatic carbocycles. The van der Waals surface area contributed by atoms with E-state index >= 15 is 0 Å². The molecule has 4 heteroatoms. The van der Waals surface area contributed by atoms with E-state index in [1.807, 2.05) is 18.3 Å². The Bertz CT molecular complexity index is 536. The molecule has 0 radical (unpaired) electrons. The molecule has 0 atom stereocenters. The highest BCUT2D eigenvalue weighted by molar-refractivity contribution is 6.17. The summed E-state index contributed by atoms with van der Waals surface area (Å²) in [6.45, 7) is 0.682. The molecule has 0 aliphatic carbocycles. The van der Waals surface area contributed by atoms with Gasteiger partial charge in [0.2, 0.25) is 5.91 Å². The van der Waals surface area contributed by atoms with E-state index in [-0.39, 0.29) is 5.91 Å². The lowest BCUT2D eigenvalue weighted by molar-refractivity contribution is -0.121. The highest BCUT2D eigenvalue weighted by Crippen LogP contribution is 2.17. The van der Waals surface area contributed by atoms with Crippen LogP contribution in [0.4, 0.5) is 0 Å². The molecular weight excluding hydrogens is 260 g/mol. The average Bonchev–Trinajstić information content (AvgIpc) is 2.83. The van der Waals surface area contributed by atoms with Gasteiger partial charge in [0.15, 0.2) is 0 Å². The molecule has 1 heterocycles. The van der Waals surface area contributed by atoms with Crippen LogP contribution in [0.25, 0.3) is 10.9 Å². The Kier molecular flexibility index (Phi) is 5.28. The van der Waals surface area contributed by atoms with E-state index < -0.39 is 0 Å². The number of hydrogen-bond donors (Lipinski definition) is 2. The minimum atomic E-state index is 0.116. The summed E-state index contributed by atoms with van der Waals surface area (Å²) in [6, 6.07) is 8.21. The van der Waals surface area contributed by atoms with E-state index in [1.165, 1.54) is 10.9 Å². The van der Waals surface area contributed by atoms with Crippen molar-refractivity contribution in [3.8, 4) is 0 Å². The first-order valence-electron chi connectivity index (χ1n) is 6.69. The zero-order valence-corrected chi connectivity index (χ0v) is 11.7. The molecule has 0 saturated heterocycles. The molecule has 0 spiro atoms. The Hall–Kier alpha value is -1.48. The van der Waals surface area contributed by atoms with Crippen molar-refractivity contribution in [2.75, 3.05) is 12.4 Å². The molecular formula is C15H19ClN2O. The van der Waals surface area contributed by atoms with Gasteiger partial charge in [-0.2, -0.15) is 0 Å². The molecule has 1 amide bonds. The summed E-state index contributed by atoms with van der Waals surface area (Å²) < 4.78 is 0. The maximum absolute atomic E-state index is 11.5. The van der Waals surface area contributed by atoms with Gasteiger partial charge in [-0.1, -0.05) is 18.2 Å². The molecule has 0 fully saturated rings. The van der Waals surface area contributed by atoms with E-state index in [2.05, 4.69) is 22.4 Å². The van der Waals surface area contributed by atoms with Crippen LogP contribution in [0.5, 0.6) is 0 Å². The number of carbonyl (C=O) groups excluding carboxylic acids is 1. The molecule has 0 unspecified atom stereocenters. The van der Waals surface area contributed by atoms with Crippen molar-refractivity contribution in [3.63, 3.8) is 0 Å². The van der Waals surface area contributed by atoms with Crippen LogP contribution < -0.4 is 5.32 Å². The Labute approximate surface area is 118 Å². The average molecular weight is 279 g/mol. The highest BCUT2D eigenvalue weighted by Gasteiger charge is 2.04. The number of benzene rings is 1. The van der Waals surface area contributed by atoms with Gasteiger partial charge in [0.1, 0.15) is 0 Å². The van der Waals surface area contributed by atoms with Crippen LogP contribution in [0.3, 0.4) is 0 Å². The lowest BCUT2D eigenvalue weighted by Gasteiger charge is -2.04. The number of nitrogens with one attached hydrogen (secondary N) is 2. The van der Waals surface area contributed by atoms with Crippen LogP contribution in [-0.2, 0) is 11.2 Å². The van der Waals surface area contributed by atoms with Crippen molar-refractivity contribution >= 4 is 28.4 Å². The first-order chi connectivity index (χ1) is 9.31. The summed E-state index contributed by atoms with van der Waals surface area (Å²) in [4.78, 5) is 14.8. The molecule has 1 aromatic heterocycles. The number of H-pyrrole nitrogens is 1. The summed E-state index contributed by atoms with van der Waals surface area (Å²) in [5.74, 6) is 0.743. The maximum Gasteiger partial charge on any atom is 0.220 e. The molecule has 0 aliphatic heterocycles. The maximum atomic E-state index is 11.5. The monoisotopic (exact) mass is 278 g/mol. The van der Waals surface area contributed by atoms with E-state index in [0.717, 1.165) is 24.8 Å². The second kappa shape index (κ2) is 7.19. The van der Waals surface area contributed by atoms with Gasteiger partial charge in [0, 0.05) is 35.9 Å². The SMILES string of the molecule is O=C(CCCCCl)NCCc1c[nH]c2ccccc12. The summed E-state index contributed by atoms with van der Waals surface area (Å²) in [5.41, 5.74) is 2.39. The first kappa shape index (κ1) is 13.9. The van der Waals surface area contributed by atoms with E-state index in [0.29, 0.717) is 18.8 Å². The molecule has 3 nitrogen and oxygen atoms in total. The van der Waals surface area contributed by atoms with E-state index in [4.69, 9.17) is 11.6 Å². The third kappa shape index (κ3) is 4.00. The number of aromatic nitrogens is 1. The Morgan fingerprint density at radius 2 is 2.11 bits per heavy atom. The second-order valence-corrected chi connectivity index (χ2v) is 4.98. The van der Waals surface area contributed by atoms with Crippen molar-refractivity contribution in [2.45, 2.75) is 25.7 Å². The van der Waals surface area contributed by atoms with Gasteiger partial charge in [-0.15, -0.1) is 11.6 Å². The summed E-state index contributed by atoms with van der Waals surface area (Å²) in [5, 5.41) is 4.18. The molecule has 2 rings (SSSR count). The van der Waals surface area contributed by atoms with E-state index in [1.54, 1.807) is 0 Å². The lowest BCUT2D eigenvalue weighted by atomic mass is 10.1. The normalized spacial score (nSPS) is 10.8. The number of aromatic amines is 1. The molecule has 2 N–H and O–H groups in total. The fourth-order valence-electron chi connectivity index (χ4n) is 2.14. The van der Waals surface area contributed by atoms with Crippen LogP contribution in [0.2, 0.25) is 0 Å². The minimum absolute atomic E-state index is 0.116. The highest BCUT2D eigenvalue weighted by atomic mass is 35.5. The van der Waals surface area contributed by atoms with Crippen LogP contribution in [-0.4, -0.2) is 23.3 Å². The molecule has 0 saturated carbocycles. The lowest BCUT2D eigenvalue weighted by Crippen LogP contribution is -2.25. The number of amides is 1. The third-order valence-electron chi connectivity index (χ3n) is 3.18. The van der Waals surface area contributed by atoms with Gasteiger partial charge in [0.25, 0.3) is 0 Å². The van der Waals surface area contributed by atoms with Crippen LogP contribution in [0.1, 0.15) is 24.8 Å². The van der Waals surface area contributed by atoms with Gasteiger partial charge < -0.3 is 10.3 Å². The summed E-state index contributed by atoms with van der Waals surface area (Å²) in [6.07, 6.45) is 5.20. The van der Waals surface area contributed by atoms with Crippen LogP contribution >= 0.6 is 11.6 Å². The summed E-state index contributed by atoms with van der Waals surface area (Å²) in [7, 11) is 0. The van der Waals surface area contributed by atoms with Crippen LogP contribution in [0.15, 0.2) is 30.5 Å². The van der Waals surface area contributed by atoms with Crippen molar-refractivity contribution in [3.05, 3.63) is 36.0 Å². The number of para-hydroxylation sites is 1. The van der Waals surface area contributed by atoms with Crippen molar-refractivity contribution in [2.24, 2.45) is 0 Å². The molecule has 19 heavy (non-hydrogen) atoms. The smallest absolute Gasteiger partial charge is 0.220 e. The largest absolute Gasteiger partial charge is 0.361 e. The molecule has 2 aromatic rings. The quantitative estimate of drug-likeness (QED) is 0.593. The van der Waals surface area contributed by atoms with Crippen molar-refractivity contribution < 1.29 is 4.79 Å². The number of carbonyl (C=O) groups is 1. The second-order valence-electron chi connectivity index (χ2n) is 4.61. The van der Waals surface area contributed by atoms with Crippen molar-refractivity contribution in [1.82, 2.24) is 10.3 Å². The zero-order valence-electron chi connectivity index (χ0n) is 10.9. The Balaban J connectivity index is 1.78. The fourth-order valence-corrected chi connectivity index (χ4v) is 2.33. The first-order valence-corrected chi connectivity index (χ1v) is 7.22. The number of halogens is 1. The van der Waals surface area contributed by atoms with Gasteiger partial charge in [-0.3, -0.25) is 4.79 Å². The number of hydrogen-bond acceptors (Lipinski definition) is 1. The number of rotatable bonds is 7. The van der Waals surface area contributed by atoms with Gasteiger partial charge in [0.05, 0.1) is 0 Å². The molecule has 0 aliphatic rings. The summed E-state index contributed by atoms with van der Waals surface area (Å²) >= 11 is 5.58. The predicted octanol–water partition coefficient (Wildman–Crippen LogP) is 3.24. The molecule has 102 valence electrons. The van der Waals surface area contributed by atoms with E-state index in [9.17, 15) is 4.79 Å².